The van der Waals surface area contributed by atoms with E-state index in [0.717, 1.165) is 16.9 Å². The molecule has 5 nitrogen and oxygen atoms in total. The van der Waals surface area contributed by atoms with Crippen molar-refractivity contribution in [3.05, 3.63) is 65.7 Å². The molecule has 5 heteroatoms. The highest BCUT2D eigenvalue weighted by Gasteiger charge is 2.45. The lowest BCUT2D eigenvalue weighted by atomic mass is 9.86. The minimum absolute atomic E-state index is 0.229. The van der Waals surface area contributed by atoms with Gasteiger partial charge < -0.3 is 19.5 Å². The molecule has 120 valence electrons. The minimum Gasteiger partial charge on any atom is -0.497 e. The fraction of sp³-hybridized carbons (Fsp3) is 0.278. The highest BCUT2D eigenvalue weighted by atomic mass is 16.6. The largest absolute Gasteiger partial charge is 0.497 e. The first-order valence-electron chi connectivity index (χ1n) is 7.43. The van der Waals surface area contributed by atoms with Gasteiger partial charge in [0.1, 0.15) is 18.0 Å². The Kier molecular flexibility index (Phi) is 4.21. The number of hydrogen-bond acceptors (Lipinski definition) is 4. The second-order valence-corrected chi connectivity index (χ2v) is 5.66. The van der Waals surface area contributed by atoms with Gasteiger partial charge in [0.25, 0.3) is 0 Å². The van der Waals surface area contributed by atoms with Crippen LogP contribution in [0, 0.1) is 0 Å². The second-order valence-electron chi connectivity index (χ2n) is 5.66. The van der Waals surface area contributed by atoms with Crippen LogP contribution in [0.3, 0.4) is 0 Å². The highest BCUT2D eigenvalue weighted by molar-refractivity contribution is 5.69. The molecule has 23 heavy (non-hydrogen) atoms. The molecule has 1 aliphatic heterocycles. The Morgan fingerprint density at radius 1 is 1.13 bits per heavy atom. The number of aliphatic hydroxyl groups is 1. The number of hydrogen-bond donors (Lipinski definition) is 1. The molecule has 1 N–H and O–H groups in total. The Labute approximate surface area is 135 Å². The minimum atomic E-state index is -1.02. The van der Waals surface area contributed by atoms with E-state index in [1.807, 2.05) is 42.5 Å². The number of carbonyl (C=O) groups is 1. The lowest BCUT2D eigenvalue weighted by molar-refractivity contribution is -0.0949. The zero-order valence-corrected chi connectivity index (χ0v) is 12.9. The molecule has 0 radical (unpaired) electrons. The molecule has 0 saturated carbocycles. The van der Waals surface area contributed by atoms with Crippen LogP contribution >= 0.6 is 0 Å². The summed E-state index contributed by atoms with van der Waals surface area (Å²) in [4.78, 5) is 13.5. The summed E-state index contributed by atoms with van der Waals surface area (Å²) in [7, 11) is 1.59. The van der Waals surface area contributed by atoms with Gasteiger partial charge in [-0.3, -0.25) is 0 Å². The topological polar surface area (TPSA) is 59.0 Å². The second kappa shape index (κ2) is 6.30. The van der Waals surface area contributed by atoms with E-state index >= 15 is 0 Å². The van der Waals surface area contributed by atoms with Crippen LogP contribution in [0.25, 0.3) is 0 Å². The van der Waals surface area contributed by atoms with Gasteiger partial charge in [0.15, 0.2) is 0 Å². The van der Waals surface area contributed by atoms with Crippen molar-refractivity contribution in [2.75, 3.05) is 20.2 Å². The molecule has 0 spiro atoms. The predicted octanol–water partition coefficient (Wildman–Crippen LogP) is 2.54. The van der Waals surface area contributed by atoms with Crippen molar-refractivity contribution in [1.82, 2.24) is 4.90 Å². The summed E-state index contributed by atoms with van der Waals surface area (Å²) in [5, 5.41) is 10.6. The number of ether oxygens (including phenoxy) is 2. The molecule has 1 aliphatic rings. The van der Waals surface area contributed by atoms with Crippen LogP contribution in [0.4, 0.5) is 4.79 Å². The third-order valence-corrected chi connectivity index (χ3v) is 4.00. The number of amides is 1. The smallest absolute Gasteiger partial charge is 0.410 e. The van der Waals surface area contributed by atoms with Crippen molar-refractivity contribution < 1.29 is 19.4 Å². The summed E-state index contributed by atoms with van der Waals surface area (Å²) < 4.78 is 10.4. The summed E-state index contributed by atoms with van der Waals surface area (Å²) in [5.41, 5.74) is 0.690. The Hall–Kier alpha value is -2.53. The molecule has 1 saturated heterocycles. The quantitative estimate of drug-likeness (QED) is 0.942. The van der Waals surface area contributed by atoms with Gasteiger partial charge >= 0.3 is 6.09 Å². The van der Waals surface area contributed by atoms with Gasteiger partial charge in [0.05, 0.1) is 20.2 Å². The summed E-state index contributed by atoms with van der Waals surface area (Å²) in [6.07, 6.45) is -0.410. The molecule has 0 unspecified atom stereocenters. The van der Waals surface area contributed by atoms with E-state index in [1.165, 1.54) is 4.90 Å². The van der Waals surface area contributed by atoms with E-state index in [-0.39, 0.29) is 19.7 Å². The van der Waals surface area contributed by atoms with E-state index in [1.54, 1.807) is 19.2 Å². The van der Waals surface area contributed by atoms with Crippen LogP contribution < -0.4 is 4.74 Å². The first kappa shape index (κ1) is 15.4. The number of rotatable bonds is 4. The summed E-state index contributed by atoms with van der Waals surface area (Å²) >= 11 is 0. The first-order chi connectivity index (χ1) is 11.1. The van der Waals surface area contributed by atoms with Crippen LogP contribution in [0.5, 0.6) is 5.75 Å². The maximum Gasteiger partial charge on any atom is 0.410 e. The van der Waals surface area contributed by atoms with Gasteiger partial charge in [-0.15, -0.1) is 0 Å². The number of nitrogens with zero attached hydrogens (tertiary/aromatic N) is 1. The number of likely N-dealkylation sites (tertiary alicyclic amines) is 1. The maximum atomic E-state index is 12.0. The fourth-order valence-electron chi connectivity index (χ4n) is 2.61. The SMILES string of the molecule is COc1ccc(C2(O)CN(C(=O)OCc3ccccc3)C2)cc1. The molecule has 3 rings (SSSR count). The predicted molar refractivity (Wildman–Crippen MR) is 85.1 cm³/mol. The Morgan fingerprint density at radius 2 is 1.78 bits per heavy atom. The molecule has 1 fully saturated rings. The Morgan fingerprint density at radius 3 is 2.39 bits per heavy atom. The number of methoxy groups -OCH3 is 1. The van der Waals surface area contributed by atoms with Gasteiger partial charge in [-0.05, 0) is 23.3 Å². The molecule has 1 amide bonds. The van der Waals surface area contributed by atoms with E-state index in [4.69, 9.17) is 9.47 Å². The van der Waals surface area contributed by atoms with Crippen LogP contribution in [0.2, 0.25) is 0 Å². The van der Waals surface area contributed by atoms with Crippen LogP contribution in [0.15, 0.2) is 54.6 Å². The normalized spacial score (nSPS) is 15.7. The summed E-state index contributed by atoms with van der Waals surface area (Å²) in [6.45, 7) is 0.692. The van der Waals surface area contributed by atoms with Crippen molar-refractivity contribution in [3.8, 4) is 5.75 Å². The van der Waals surface area contributed by atoms with Gasteiger partial charge in [-0.25, -0.2) is 4.79 Å². The number of benzene rings is 2. The zero-order chi connectivity index (χ0) is 16.3. The Balaban J connectivity index is 1.53. The fourth-order valence-corrected chi connectivity index (χ4v) is 2.61. The number of β-amino-alcohol motifs (C(OH)–C–C–N with tert-alkyl or cyclic N) is 1. The van der Waals surface area contributed by atoms with E-state index in [9.17, 15) is 9.90 Å². The molecule has 2 aromatic carbocycles. The average molecular weight is 313 g/mol. The molecule has 2 aromatic rings. The standard InChI is InChI=1S/C18H19NO4/c1-22-16-9-7-15(8-10-16)18(21)12-19(13-18)17(20)23-11-14-5-3-2-4-6-14/h2-10,21H,11-13H2,1H3. The zero-order valence-electron chi connectivity index (χ0n) is 12.9. The molecule has 1 heterocycles. The first-order valence-corrected chi connectivity index (χ1v) is 7.43. The lowest BCUT2D eigenvalue weighted by Crippen LogP contribution is -2.61. The van der Waals surface area contributed by atoms with E-state index in [2.05, 4.69) is 0 Å². The summed E-state index contributed by atoms with van der Waals surface area (Å²) in [6, 6.07) is 16.7. The monoisotopic (exact) mass is 313 g/mol. The highest BCUT2D eigenvalue weighted by Crippen LogP contribution is 2.33. The van der Waals surface area contributed by atoms with E-state index < -0.39 is 11.7 Å². The Bertz CT molecular complexity index is 663. The molecule has 0 aromatic heterocycles. The van der Waals surface area contributed by atoms with Crippen molar-refractivity contribution in [2.24, 2.45) is 0 Å². The third-order valence-electron chi connectivity index (χ3n) is 4.00. The summed E-state index contributed by atoms with van der Waals surface area (Å²) in [5.74, 6) is 0.732. The lowest BCUT2D eigenvalue weighted by Gasteiger charge is -2.45. The average Bonchev–Trinajstić information content (AvgIpc) is 2.58. The molecular formula is C18H19NO4. The van der Waals surface area contributed by atoms with Gasteiger partial charge in [-0.2, -0.15) is 0 Å². The molecule has 0 bridgehead atoms. The third kappa shape index (κ3) is 3.29. The van der Waals surface area contributed by atoms with Crippen molar-refractivity contribution in [2.45, 2.75) is 12.2 Å². The maximum absolute atomic E-state index is 12.0. The van der Waals surface area contributed by atoms with Gasteiger partial charge in [0, 0.05) is 0 Å². The van der Waals surface area contributed by atoms with Crippen molar-refractivity contribution in [3.63, 3.8) is 0 Å². The molecule has 0 aliphatic carbocycles. The molecule has 0 atom stereocenters. The van der Waals surface area contributed by atoms with Crippen LogP contribution in [-0.2, 0) is 16.9 Å². The van der Waals surface area contributed by atoms with Crippen molar-refractivity contribution >= 4 is 6.09 Å². The van der Waals surface area contributed by atoms with Crippen LogP contribution in [-0.4, -0.2) is 36.3 Å². The van der Waals surface area contributed by atoms with Crippen LogP contribution in [0.1, 0.15) is 11.1 Å². The van der Waals surface area contributed by atoms with Crippen molar-refractivity contribution in [1.29, 1.82) is 0 Å². The number of carbonyl (C=O) groups excluding carboxylic acids is 1. The van der Waals surface area contributed by atoms with E-state index in [0.29, 0.717) is 0 Å². The molecular weight excluding hydrogens is 294 g/mol. The van der Waals surface area contributed by atoms with Gasteiger partial charge in [-0.1, -0.05) is 42.5 Å². The van der Waals surface area contributed by atoms with Gasteiger partial charge in [0.2, 0.25) is 0 Å².